The Hall–Kier alpha value is -1.06. The molecule has 16 heavy (non-hydrogen) atoms. The number of nitrogens with zero attached hydrogens (tertiary/aromatic N) is 3. The second kappa shape index (κ2) is 7.25. The van der Waals surface area contributed by atoms with E-state index in [1.807, 2.05) is 13.8 Å². The van der Waals surface area contributed by atoms with Gasteiger partial charge in [0.2, 0.25) is 0 Å². The molecule has 0 atom stereocenters. The average Bonchev–Trinajstić information content (AvgIpc) is 2.21. The Kier molecular flexibility index (Phi) is 6.77. The van der Waals surface area contributed by atoms with Gasteiger partial charge in [-0.3, -0.25) is 0 Å². The molecule has 0 aliphatic carbocycles. The highest BCUT2D eigenvalue weighted by molar-refractivity contribution is 4.92. The van der Waals surface area contributed by atoms with E-state index in [1.165, 1.54) is 0 Å². The molecule has 0 spiro atoms. The van der Waals surface area contributed by atoms with Crippen molar-refractivity contribution in [1.82, 2.24) is 4.90 Å². The molecule has 0 aromatic rings. The smallest absolute Gasteiger partial charge is 0.0684 e. The van der Waals surface area contributed by atoms with Crippen molar-refractivity contribution in [2.75, 3.05) is 19.6 Å². The van der Waals surface area contributed by atoms with Gasteiger partial charge in [-0.1, -0.05) is 13.8 Å². The van der Waals surface area contributed by atoms with E-state index in [2.05, 4.69) is 30.9 Å². The van der Waals surface area contributed by atoms with E-state index in [-0.39, 0.29) is 5.41 Å². The lowest BCUT2D eigenvalue weighted by atomic mass is 9.91. The van der Waals surface area contributed by atoms with Crippen molar-refractivity contribution in [3.63, 3.8) is 0 Å². The minimum absolute atomic E-state index is 0.262. The van der Waals surface area contributed by atoms with E-state index in [0.29, 0.717) is 12.3 Å². The molecule has 0 radical (unpaired) electrons. The van der Waals surface area contributed by atoms with Gasteiger partial charge in [0, 0.05) is 19.5 Å². The van der Waals surface area contributed by atoms with Crippen LogP contribution in [-0.2, 0) is 0 Å². The molecular weight excluding hydrogens is 198 g/mol. The Morgan fingerprint density at radius 1 is 1.19 bits per heavy atom. The third-order valence-corrected chi connectivity index (χ3v) is 2.52. The molecule has 90 valence electrons. The van der Waals surface area contributed by atoms with Crippen LogP contribution in [0.2, 0.25) is 0 Å². The van der Waals surface area contributed by atoms with Crippen LogP contribution in [0.5, 0.6) is 0 Å². The number of hydrogen-bond acceptors (Lipinski definition) is 3. The summed E-state index contributed by atoms with van der Waals surface area (Å²) in [6, 6.07) is 4.49. The first-order valence-electron chi connectivity index (χ1n) is 5.92. The minimum Gasteiger partial charge on any atom is -0.302 e. The van der Waals surface area contributed by atoms with Crippen molar-refractivity contribution in [2.45, 2.75) is 40.5 Å². The first kappa shape index (κ1) is 14.9. The van der Waals surface area contributed by atoms with Crippen molar-refractivity contribution in [2.24, 2.45) is 11.3 Å². The fourth-order valence-electron chi connectivity index (χ4n) is 1.51. The lowest BCUT2D eigenvalue weighted by molar-refractivity contribution is 0.223. The van der Waals surface area contributed by atoms with Gasteiger partial charge in [-0.25, -0.2) is 0 Å². The zero-order valence-electron chi connectivity index (χ0n) is 11.0. The van der Waals surface area contributed by atoms with Crippen LogP contribution in [0.15, 0.2) is 0 Å². The van der Waals surface area contributed by atoms with Crippen LogP contribution in [0.1, 0.15) is 40.5 Å². The van der Waals surface area contributed by atoms with Gasteiger partial charge in [-0.05, 0) is 32.7 Å². The van der Waals surface area contributed by atoms with Crippen molar-refractivity contribution in [3.05, 3.63) is 0 Å². The number of nitriles is 2. The first-order valence-corrected chi connectivity index (χ1v) is 5.92. The molecule has 0 bridgehead atoms. The van der Waals surface area contributed by atoms with Crippen LogP contribution >= 0.6 is 0 Å². The summed E-state index contributed by atoms with van der Waals surface area (Å²) in [4.78, 5) is 2.28. The summed E-state index contributed by atoms with van der Waals surface area (Å²) in [5.41, 5.74) is -0.262. The SMILES string of the molecule is CC(C)CN(CCC#N)CCC(C)(C)C#N. The zero-order valence-corrected chi connectivity index (χ0v) is 11.0. The highest BCUT2D eigenvalue weighted by Crippen LogP contribution is 2.19. The van der Waals surface area contributed by atoms with Crippen LogP contribution < -0.4 is 0 Å². The molecule has 0 saturated carbocycles. The van der Waals surface area contributed by atoms with Gasteiger partial charge >= 0.3 is 0 Å². The van der Waals surface area contributed by atoms with Gasteiger partial charge in [0.25, 0.3) is 0 Å². The topological polar surface area (TPSA) is 50.8 Å². The van der Waals surface area contributed by atoms with Crippen molar-refractivity contribution in [3.8, 4) is 12.1 Å². The van der Waals surface area contributed by atoms with Gasteiger partial charge in [-0.2, -0.15) is 10.5 Å². The fourth-order valence-corrected chi connectivity index (χ4v) is 1.51. The predicted octanol–water partition coefficient (Wildman–Crippen LogP) is 2.80. The third-order valence-electron chi connectivity index (χ3n) is 2.52. The monoisotopic (exact) mass is 221 g/mol. The molecule has 0 fully saturated rings. The fraction of sp³-hybridized carbons (Fsp3) is 0.846. The van der Waals surface area contributed by atoms with E-state index in [4.69, 9.17) is 10.5 Å². The third kappa shape index (κ3) is 7.26. The molecular formula is C13H23N3. The van der Waals surface area contributed by atoms with E-state index in [9.17, 15) is 0 Å². The maximum Gasteiger partial charge on any atom is 0.0684 e. The standard InChI is InChI=1S/C13H23N3/c1-12(2)10-16(8-5-7-14)9-6-13(3,4)11-15/h12H,5-6,8-10H2,1-4H3. The van der Waals surface area contributed by atoms with Crippen LogP contribution in [0.25, 0.3) is 0 Å². The Morgan fingerprint density at radius 2 is 1.81 bits per heavy atom. The van der Waals surface area contributed by atoms with E-state index in [1.54, 1.807) is 0 Å². The highest BCUT2D eigenvalue weighted by atomic mass is 15.1. The Morgan fingerprint density at radius 3 is 2.25 bits per heavy atom. The molecule has 0 unspecified atom stereocenters. The van der Waals surface area contributed by atoms with Gasteiger partial charge in [0.15, 0.2) is 0 Å². The van der Waals surface area contributed by atoms with Crippen LogP contribution in [0, 0.1) is 34.0 Å². The summed E-state index contributed by atoms with van der Waals surface area (Å²) in [7, 11) is 0. The Labute approximate surface area is 99.7 Å². The summed E-state index contributed by atoms with van der Waals surface area (Å²) in [5.74, 6) is 0.601. The second-order valence-corrected chi connectivity index (χ2v) is 5.35. The van der Waals surface area contributed by atoms with Crippen molar-refractivity contribution < 1.29 is 0 Å². The lowest BCUT2D eigenvalue weighted by Crippen LogP contribution is -2.32. The summed E-state index contributed by atoms with van der Waals surface area (Å²) < 4.78 is 0. The molecule has 0 rings (SSSR count). The van der Waals surface area contributed by atoms with Crippen molar-refractivity contribution in [1.29, 1.82) is 10.5 Å². The molecule has 0 N–H and O–H groups in total. The molecule has 0 aromatic heterocycles. The van der Waals surface area contributed by atoms with E-state index in [0.717, 1.165) is 26.1 Å². The van der Waals surface area contributed by atoms with Crippen LogP contribution in [0.4, 0.5) is 0 Å². The molecule has 0 aliphatic heterocycles. The van der Waals surface area contributed by atoms with E-state index < -0.39 is 0 Å². The average molecular weight is 221 g/mol. The van der Waals surface area contributed by atoms with Gasteiger partial charge in [0.1, 0.15) is 0 Å². The van der Waals surface area contributed by atoms with Gasteiger partial charge in [0.05, 0.1) is 17.6 Å². The van der Waals surface area contributed by atoms with E-state index >= 15 is 0 Å². The summed E-state index contributed by atoms with van der Waals surface area (Å²) in [6.07, 6.45) is 1.43. The largest absolute Gasteiger partial charge is 0.302 e. The minimum atomic E-state index is -0.262. The van der Waals surface area contributed by atoms with Crippen LogP contribution in [0.3, 0.4) is 0 Å². The van der Waals surface area contributed by atoms with Crippen molar-refractivity contribution >= 4 is 0 Å². The molecule has 0 saturated heterocycles. The predicted molar refractivity (Wildman–Crippen MR) is 65.5 cm³/mol. The highest BCUT2D eigenvalue weighted by Gasteiger charge is 2.18. The van der Waals surface area contributed by atoms with Gasteiger partial charge in [-0.15, -0.1) is 0 Å². The molecule has 0 aromatic carbocycles. The maximum absolute atomic E-state index is 8.94. The zero-order chi connectivity index (χ0) is 12.6. The number of hydrogen-bond donors (Lipinski definition) is 0. The molecule has 0 amide bonds. The Bertz CT molecular complexity index is 268. The molecule has 0 heterocycles. The normalized spacial score (nSPS) is 11.5. The maximum atomic E-state index is 8.94. The molecule has 0 aliphatic rings. The first-order chi connectivity index (χ1) is 7.41. The number of rotatable bonds is 7. The summed E-state index contributed by atoms with van der Waals surface area (Å²) in [6.45, 7) is 11.0. The molecule has 3 heteroatoms. The Balaban J connectivity index is 4.12. The molecule has 3 nitrogen and oxygen atoms in total. The van der Waals surface area contributed by atoms with Gasteiger partial charge < -0.3 is 4.90 Å². The summed E-state index contributed by atoms with van der Waals surface area (Å²) in [5, 5.41) is 17.5. The quantitative estimate of drug-likeness (QED) is 0.664. The summed E-state index contributed by atoms with van der Waals surface area (Å²) >= 11 is 0. The second-order valence-electron chi connectivity index (χ2n) is 5.35. The van der Waals surface area contributed by atoms with Crippen LogP contribution in [-0.4, -0.2) is 24.5 Å². The lowest BCUT2D eigenvalue weighted by Gasteiger charge is -2.26.